The summed E-state index contributed by atoms with van der Waals surface area (Å²) in [5.74, 6) is 0.816. The van der Waals surface area contributed by atoms with Gasteiger partial charge in [-0.25, -0.2) is 8.42 Å². The number of nitrogens with one attached hydrogen (secondary N) is 1. The number of benzene rings is 3. The summed E-state index contributed by atoms with van der Waals surface area (Å²) in [6, 6.07) is 20.0. The van der Waals surface area contributed by atoms with Crippen LogP contribution in [-0.2, 0) is 20.2 Å². The molecule has 192 valence electrons. The molecular weight excluding hydrogens is 500 g/mol. The highest BCUT2D eigenvalue weighted by Gasteiger charge is 2.27. The maximum absolute atomic E-state index is 13.4. The quantitative estimate of drug-likeness (QED) is 0.371. The minimum atomic E-state index is -4.04. The van der Waals surface area contributed by atoms with E-state index in [9.17, 15) is 13.2 Å². The SMILES string of the molecule is COc1ccc(S(=O)(=O)N(CC(=O)NCCOc2ccccc2C(C)(C)C)c2ccc(Cl)cc2)cc1. The Morgan fingerprint density at radius 1 is 0.972 bits per heavy atom. The van der Waals surface area contributed by atoms with Gasteiger partial charge >= 0.3 is 0 Å². The minimum Gasteiger partial charge on any atom is -0.497 e. The third-order valence-electron chi connectivity index (χ3n) is 5.43. The van der Waals surface area contributed by atoms with Crippen molar-refractivity contribution < 1.29 is 22.7 Å². The van der Waals surface area contributed by atoms with Crippen LogP contribution in [-0.4, -0.2) is 41.1 Å². The van der Waals surface area contributed by atoms with E-state index in [-0.39, 0.29) is 23.5 Å². The summed E-state index contributed by atoms with van der Waals surface area (Å²) >= 11 is 5.99. The molecule has 0 fully saturated rings. The summed E-state index contributed by atoms with van der Waals surface area (Å²) in [5.41, 5.74) is 1.30. The van der Waals surface area contributed by atoms with Crippen molar-refractivity contribution in [3.8, 4) is 11.5 Å². The van der Waals surface area contributed by atoms with Crippen LogP contribution in [0.3, 0.4) is 0 Å². The third-order valence-corrected chi connectivity index (χ3v) is 7.47. The van der Waals surface area contributed by atoms with Crippen molar-refractivity contribution in [2.24, 2.45) is 0 Å². The number of hydrogen-bond acceptors (Lipinski definition) is 5. The van der Waals surface area contributed by atoms with Crippen LogP contribution in [0.4, 0.5) is 5.69 Å². The Balaban J connectivity index is 1.71. The predicted octanol–water partition coefficient (Wildman–Crippen LogP) is 5.04. The first kappa shape index (κ1) is 27.4. The summed E-state index contributed by atoms with van der Waals surface area (Å²) in [7, 11) is -2.54. The van der Waals surface area contributed by atoms with E-state index in [2.05, 4.69) is 26.1 Å². The highest BCUT2D eigenvalue weighted by molar-refractivity contribution is 7.92. The first-order valence-corrected chi connectivity index (χ1v) is 13.3. The zero-order chi connectivity index (χ0) is 26.3. The monoisotopic (exact) mass is 530 g/mol. The molecule has 3 aromatic carbocycles. The number of methoxy groups -OCH3 is 1. The first-order chi connectivity index (χ1) is 17.0. The molecule has 3 aromatic rings. The Labute approximate surface area is 218 Å². The molecule has 9 heteroatoms. The lowest BCUT2D eigenvalue weighted by Gasteiger charge is -2.24. The van der Waals surface area contributed by atoms with E-state index in [4.69, 9.17) is 21.1 Å². The van der Waals surface area contributed by atoms with Gasteiger partial charge in [-0.15, -0.1) is 0 Å². The Hall–Kier alpha value is -3.23. The summed E-state index contributed by atoms with van der Waals surface area (Å²) < 4.78 is 39.0. The van der Waals surface area contributed by atoms with E-state index < -0.39 is 22.5 Å². The Morgan fingerprint density at radius 2 is 1.61 bits per heavy atom. The zero-order valence-electron chi connectivity index (χ0n) is 20.8. The van der Waals surface area contributed by atoms with E-state index >= 15 is 0 Å². The van der Waals surface area contributed by atoms with Crippen molar-refractivity contribution in [2.45, 2.75) is 31.1 Å². The Bertz CT molecular complexity index is 1270. The highest BCUT2D eigenvalue weighted by atomic mass is 35.5. The normalized spacial score (nSPS) is 11.6. The molecule has 0 atom stereocenters. The number of para-hydroxylation sites is 1. The average Bonchev–Trinajstić information content (AvgIpc) is 2.85. The number of sulfonamides is 1. The molecular formula is C27H31ClN2O5S. The second-order valence-electron chi connectivity index (χ2n) is 9.11. The lowest BCUT2D eigenvalue weighted by molar-refractivity contribution is -0.119. The molecule has 1 amide bonds. The van der Waals surface area contributed by atoms with Crippen LogP contribution in [0.1, 0.15) is 26.3 Å². The van der Waals surface area contributed by atoms with Gasteiger partial charge in [-0.3, -0.25) is 9.10 Å². The first-order valence-electron chi connectivity index (χ1n) is 11.4. The van der Waals surface area contributed by atoms with Gasteiger partial charge in [0.05, 0.1) is 24.2 Å². The molecule has 0 heterocycles. The standard InChI is InChI=1S/C27H31ClN2O5S/c1-27(2,3)24-7-5-6-8-25(24)35-18-17-29-26(31)19-30(21-11-9-20(28)10-12-21)36(32,33)23-15-13-22(34-4)14-16-23/h5-16H,17-19H2,1-4H3,(H,29,31). The summed E-state index contributed by atoms with van der Waals surface area (Å²) in [6.07, 6.45) is 0. The van der Waals surface area contributed by atoms with Gasteiger partial charge in [-0.2, -0.15) is 0 Å². The third kappa shape index (κ3) is 6.92. The molecule has 0 aliphatic rings. The van der Waals surface area contributed by atoms with Crippen LogP contribution in [0, 0.1) is 0 Å². The van der Waals surface area contributed by atoms with Crippen molar-refractivity contribution in [3.05, 3.63) is 83.4 Å². The van der Waals surface area contributed by atoms with Crippen molar-refractivity contribution in [1.29, 1.82) is 0 Å². The minimum absolute atomic E-state index is 0.0353. The van der Waals surface area contributed by atoms with Crippen molar-refractivity contribution in [3.63, 3.8) is 0 Å². The molecule has 7 nitrogen and oxygen atoms in total. The van der Waals surface area contributed by atoms with Crippen LogP contribution in [0.25, 0.3) is 0 Å². The Morgan fingerprint density at radius 3 is 2.22 bits per heavy atom. The maximum Gasteiger partial charge on any atom is 0.264 e. The number of ether oxygens (including phenoxy) is 2. The fourth-order valence-corrected chi connectivity index (χ4v) is 5.09. The van der Waals surface area contributed by atoms with Crippen LogP contribution in [0.2, 0.25) is 5.02 Å². The molecule has 0 spiro atoms. The average molecular weight is 531 g/mol. The lowest BCUT2D eigenvalue weighted by atomic mass is 9.86. The summed E-state index contributed by atoms with van der Waals surface area (Å²) in [5, 5.41) is 3.20. The van der Waals surface area contributed by atoms with E-state index in [1.807, 2.05) is 24.3 Å². The largest absolute Gasteiger partial charge is 0.497 e. The van der Waals surface area contributed by atoms with Gasteiger partial charge in [-0.1, -0.05) is 50.6 Å². The fourth-order valence-electron chi connectivity index (χ4n) is 3.55. The number of anilines is 1. The van der Waals surface area contributed by atoms with Crippen LogP contribution in [0.15, 0.2) is 77.7 Å². The van der Waals surface area contributed by atoms with Crippen LogP contribution in [0.5, 0.6) is 11.5 Å². The zero-order valence-corrected chi connectivity index (χ0v) is 22.4. The van der Waals surface area contributed by atoms with Gasteiger partial charge in [0.25, 0.3) is 10.0 Å². The number of rotatable bonds is 10. The molecule has 0 aliphatic heterocycles. The summed E-state index contributed by atoms with van der Waals surface area (Å²) in [4.78, 5) is 12.8. The highest BCUT2D eigenvalue weighted by Crippen LogP contribution is 2.31. The van der Waals surface area contributed by atoms with E-state index in [0.717, 1.165) is 15.6 Å². The molecule has 0 unspecified atom stereocenters. The van der Waals surface area contributed by atoms with Gasteiger partial charge in [0.2, 0.25) is 5.91 Å². The number of carbonyl (C=O) groups excluding carboxylic acids is 1. The fraction of sp³-hybridized carbons (Fsp3) is 0.296. The molecule has 1 N–H and O–H groups in total. The molecule has 0 radical (unpaired) electrons. The van der Waals surface area contributed by atoms with Gasteiger partial charge in [0.1, 0.15) is 24.7 Å². The van der Waals surface area contributed by atoms with E-state index in [1.165, 1.54) is 19.2 Å². The van der Waals surface area contributed by atoms with Crippen molar-refractivity contribution in [2.75, 3.05) is 31.1 Å². The van der Waals surface area contributed by atoms with Crippen molar-refractivity contribution in [1.82, 2.24) is 5.32 Å². The molecule has 0 saturated carbocycles. The van der Waals surface area contributed by atoms with Gasteiger partial charge in [0.15, 0.2) is 0 Å². The van der Waals surface area contributed by atoms with Crippen molar-refractivity contribution >= 4 is 33.2 Å². The van der Waals surface area contributed by atoms with E-state index in [0.29, 0.717) is 16.5 Å². The number of carbonyl (C=O) groups is 1. The van der Waals surface area contributed by atoms with Crippen LogP contribution < -0.4 is 19.1 Å². The van der Waals surface area contributed by atoms with Gasteiger partial charge in [0, 0.05) is 5.02 Å². The molecule has 0 saturated heterocycles. The Kier molecular flexibility index (Phi) is 8.87. The molecule has 0 aromatic heterocycles. The van der Waals surface area contributed by atoms with E-state index in [1.54, 1.807) is 36.4 Å². The number of halogens is 1. The number of hydrogen-bond donors (Lipinski definition) is 1. The maximum atomic E-state index is 13.4. The smallest absolute Gasteiger partial charge is 0.264 e. The second-order valence-corrected chi connectivity index (χ2v) is 11.4. The molecule has 0 aliphatic carbocycles. The van der Waals surface area contributed by atoms with Gasteiger partial charge < -0.3 is 14.8 Å². The molecule has 0 bridgehead atoms. The number of nitrogens with zero attached hydrogens (tertiary/aromatic N) is 1. The molecule has 36 heavy (non-hydrogen) atoms. The molecule has 3 rings (SSSR count). The number of amides is 1. The van der Waals surface area contributed by atoms with Crippen LogP contribution >= 0.6 is 11.6 Å². The predicted molar refractivity (Wildman–Crippen MR) is 143 cm³/mol. The topological polar surface area (TPSA) is 84.9 Å². The lowest BCUT2D eigenvalue weighted by Crippen LogP contribution is -2.42. The summed E-state index contributed by atoms with van der Waals surface area (Å²) in [6.45, 7) is 6.36. The van der Waals surface area contributed by atoms with Gasteiger partial charge in [-0.05, 0) is 65.6 Å². The second kappa shape index (κ2) is 11.7.